The normalized spacial score (nSPS) is 9.14. The molecule has 0 radical (unpaired) electrons. The summed E-state index contributed by atoms with van der Waals surface area (Å²) < 4.78 is 0. The van der Waals surface area contributed by atoms with E-state index in [0.717, 1.165) is 0 Å². The van der Waals surface area contributed by atoms with Crippen molar-refractivity contribution >= 4 is 47.8 Å². The molecule has 0 fully saturated rings. The molecular formula is C32H26O17. The zero-order valence-corrected chi connectivity index (χ0v) is 24.6. The van der Waals surface area contributed by atoms with E-state index in [1.165, 1.54) is 97.1 Å². The highest BCUT2D eigenvalue weighted by Gasteiger charge is 2.16. The predicted octanol–water partition coefficient (Wildman–Crippen LogP) is 3.51. The molecule has 0 unspecified atom stereocenters. The van der Waals surface area contributed by atoms with Gasteiger partial charge in [-0.05, 0) is 48.5 Å². The molecule has 0 amide bonds. The van der Waals surface area contributed by atoms with Crippen molar-refractivity contribution in [3.05, 3.63) is 142 Å². The molecule has 0 aromatic heterocycles. The van der Waals surface area contributed by atoms with Gasteiger partial charge in [-0.25, -0.2) is 38.4 Å². The fourth-order valence-electron chi connectivity index (χ4n) is 3.42. The van der Waals surface area contributed by atoms with Crippen molar-refractivity contribution in [2.45, 2.75) is 0 Å². The van der Waals surface area contributed by atoms with Gasteiger partial charge in [-0.2, -0.15) is 0 Å². The van der Waals surface area contributed by atoms with Crippen molar-refractivity contribution in [1.82, 2.24) is 0 Å². The van der Waals surface area contributed by atoms with Crippen molar-refractivity contribution in [2.24, 2.45) is 0 Å². The van der Waals surface area contributed by atoms with E-state index in [-0.39, 0.29) is 50.0 Å². The van der Waals surface area contributed by atoms with Gasteiger partial charge in [-0.15, -0.1) is 0 Å². The summed E-state index contributed by atoms with van der Waals surface area (Å²) in [5.74, 6) is -9.83. The molecule has 17 nitrogen and oxygen atoms in total. The first kappa shape index (κ1) is 41.6. The number of carboxylic acid groups (broad SMARTS) is 8. The Kier molecular flexibility index (Phi) is 16.9. The van der Waals surface area contributed by atoms with Gasteiger partial charge in [0, 0.05) is 0 Å². The molecule has 256 valence electrons. The van der Waals surface area contributed by atoms with Gasteiger partial charge in [0.05, 0.1) is 44.5 Å². The maximum Gasteiger partial charge on any atom is 0.336 e. The highest BCUT2D eigenvalue weighted by atomic mass is 16.4. The fourth-order valence-corrected chi connectivity index (χ4v) is 3.42. The van der Waals surface area contributed by atoms with Crippen molar-refractivity contribution in [3.63, 3.8) is 0 Å². The van der Waals surface area contributed by atoms with Crippen LogP contribution in [0.4, 0.5) is 0 Å². The summed E-state index contributed by atoms with van der Waals surface area (Å²) in [4.78, 5) is 83.7. The van der Waals surface area contributed by atoms with Crippen molar-refractivity contribution in [1.29, 1.82) is 0 Å². The first-order valence-electron chi connectivity index (χ1n) is 12.7. The molecule has 0 aliphatic heterocycles. The third-order valence-electron chi connectivity index (χ3n) is 5.55. The minimum Gasteiger partial charge on any atom is -0.478 e. The molecule has 4 rings (SSSR count). The van der Waals surface area contributed by atoms with E-state index in [0.29, 0.717) is 0 Å². The molecule has 0 aliphatic rings. The highest BCUT2D eigenvalue weighted by molar-refractivity contribution is 6.03. The van der Waals surface area contributed by atoms with Crippen LogP contribution < -0.4 is 0 Å². The Morgan fingerprint density at radius 2 is 0.327 bits per heavy atom. The van der Waals surface area contributed by atoms with Gasteiger partial charge in [0.2, 0.25) is 0 Å². The molecule has 4 aromatic carbocycles. The fraction of sp³-hybridized carbons (Fsp3) is 0. The number of carboxylic acids is 8. The zero-order chi connectivity index (χ0) is 36.6. The van der Waals surface area contributed by atoms with Crippen molar-refractivity contribution in [3.8, 4) is 0 Å². The second-order valence-corrected chi connectivity index (χ2v) is 8.62. The van der Waals surface area contributed by atoms with Crippen LogP contribution in [0.2, 0.25) is 0 Å². The summed E-state index contributed by atoms with van der Waals surface area (Å²) in [6.07, 6.45) is 0. The van der Waals surface area contributed by atoms with E-state index in [1.807, 2.05) is 0 Å². The number of carbonyl (C=O) groups is 8. The summed E-state index contributed by atoms with van der Waals surface area (Å²) in [5.41, 5.74) is -1.52. The number of aromatic carboxylic acids is 8. The third kappa shape index (κ3) is 12.9. The maximum absolute atomic E-state index is 10.5. The summed E-state index contributed by atoms with van der Waals surface area (Å²) in [6, 6.07) is 21.9. The Bertz CT molecular complexity index is 1460. The Morgan fingerprint density at radius 3 is 0.388 bits per heavy atom. The molecule has 49 heavy (non-hydrogen) atoms. The number of hydrogen-bond acceptors (Lipinski definition) is 8. The van der Waals surface area contributed by atoms with Crippen LogP contribution in [-0.2, 0) is 0 Å². The van der Waals surface area contributed by atoms with Gasteiger partial charge in [0.15, 0.2) is 0 Å². The van der Waals surface area contributed by atoms with E-state index in [4.69, 9.17) is 40.9 Å². The molecule has 0 spiro atoms. The van der Waals surface area contributed by atoms with E-state index in [1.54, 1.807) is 0 Å². The largest absolute Gasteiger partial charge is 0.478 e. The Morgan fingerprint density at radius 1 is 0.245 bits per heavy atom. The minimum atomic E-state index is -1.23. The van der Waals surface area contributed by atoms with Crippen LogP contribution in [0, 0.1) is 0 Å². The standard InChI is InChI=1S/4C8H6O4.H2O/c4*9-7(10)5-3-1-2-4-6(5)8(11)12;/h4*1-4H,(H,9,10)(H,11,12);1H2. The SMILES string of the molecule is O.O=C(O)c1ccccc1C(=O)O.O=C(O)c1ccccc1C(=O)O.O=C(O)c1ccccc1C(=O)O.O=C(O)c1ccccc1C(=O)O. The van der Waals surface area contributed by atoms with Gasteiger partial charge in [0.25, 0.3) is 0 Å². The molecule has 0 saturated carbocycles. The first-order chi connectivity index (χ1) is 22.5. The van der Waals surface area contributed by atoms with Gasteiger partial charge in [-0.1, -0.05) is 48.5 Å². The molecule has 0 aliphatic carbocycles. The maximum atomic E-state index is 10.5. The summed E-state index contributed by atoms with van der Waals surface area (Å²) >= 11 is 0. The van der Waals surface area contributed by atoms with Crippen LogP contribution in [-0.4, -0.2) is 94.1 Å². The predicted molar refractivity (Wildman–Crippen MR) is 165 cm³/mol. The molecule has 0 bridgehead atoms. The lowest BCUT2D eigenvalue weighted by molar-refractivity contribution is 0.0651. The summed E-state index contributed by atoms with van der Waals surface area (Å²) in [7, 11) is 0. The van der Waals surface area contributed by atoms with Gasteiger partial charge < -0.3 is 46.3 Å². The van der Waals surface area contributed by atoms with Gasteiger partial charge in [-0.3, -0.25) is 0 Å². The second-order valence-electron chi connectivity index (χ2n) is 8.62. The number of hydrogen-bond donors (Lipinski definition) is 8. The number of benzene rings is 4. The smallest absolute Gasteiger partial charge is 0.336 e. The molecular weight excluding hydrogens is 656 g/mol. The topological polar surface area (TPSA) is 330 Å². The van der Waals surface area contributed by atoms with E-state index in [2.05, 4.69) is 0 Å². The highest BCUT2D eigenvalue weighted by Crippen LogP contribution is 2.10. The van der Waals surface area contributed by atoms with Crippen LogP contribution in [0.3, 0.4) is 0 Å². The summed E-state index contributed by atoms with van der Waals surface area (Å²) in [6.45, 7) is 0. The lowest BCUT2D eigenvalue weighted by atomic mass is 10.1. The Hall–Kier alpha value is -7.40. The Labute approximate surface area is 274 Å². The lowest BCUT2D eigenvalue weighted by Gasteiger charge is -1.98. The molecule has 0 heterocycles. The van der Waals surface area contributed by atoms with Crippen molar-refractivity contribution in [2.75, 3.05) is 0 Å². The number of rotatable bonds is 8. The van der Waals surface area contributed by atoms with E-state index in [9.17, 15) is 38.4 Å². The van der Waals surface area contributed by atoms with Gasteiger partial charge >= 0.3 is 47.8 Å². The van der Waals surface area contributed by atoms with Crippen LogP contribution in [0.15, 0.2) is 97.1 Å². The quantitative estimate of drug-likeness (QED) is 0.132. The van der Waals surface area contributed by atoms with Crippen molar-refractivity contribution < 1.29 is 84.7 Å². The molecule has 0 saturated heterocycles. The lowest BCUT2D eigenvalue weighted by Crippen LogP contribution is -2.06. The average Bonchev–Trinajstić information content (AvgIpc) is 3.05. The molecule has 4 aromatic rings. The monoisotopic (exact) mass is 682 g/mol. The van der Waals surface area contributed by atoms with Crippen LogP contribution >= 0.6 is 0 Å². The van der Waals surface area contributed by atoms with E-state index < -0.39 is 47.8 Å². The zero-order valence-electron chi connectivity index (χ0n) is 24.6. The molecule has 10 N–H and O–H groups in total. The van der Waals surface area contributed by atoms with Gasteiger partial charge in [0.1, 0.15) is 0 Å². The third-order valence-corrected chi connectivity index (χ3v) is 5.55. The second kappa shape index (κ2) is 19.9. The average molecular weight is 683 g/mol. The van der Waals surface area contributed by atoms with Crippen LogP contribution in [0.1, 0.15) is 82.9 Å². The molecule has 17 heteroatoms. The Balaban J connectivity index is 0.000000623. The van der Waals surface area contributed by atoms with Crippen LogP contribution in [0.5, 0.6) is 0 Å². The first-order valence-corrected chi connectivity index (χ1v) is 12.7. The summed E-state index contributed by atoms with van der Waals surface area (Å²) in [5, 5.41) is 68.4. The van der Waals surface area contributed by atoms with E-state index >= 15 is 0 Å². The molecule has 0 atom stereocenters. The minimum absolute atomic E-state index is 0. The van der Waals surface area contributed by atoms with Crippen LogP contribution in [0.25, 0.3) is 0 Å².